The molecule has 0 aromatic carbocycles. The van der Waals surface area contributed by atoms with Crippen LogP contribution in [0, 0.1) is 10.3 Å². The van der Waals surface area contributed by atoms with Crippen molar-refractivity contribution in [2.24, 2.45) is 10.6 Å². The fourth-order valence-corrected chi connectivity index (χ4v) is 0.629. The van der Waals surface area contributed by atoms with Gasteiger partial charge in [-0.1, -0.05) is 20.8 Å². The van der Waals surface area contributed by atoms with Crippen LogP contribution in [0.2, 0.25) is 0 Å². The van der Waals surface area contributed by atoms with Gasteiger partial charge in [0.05, 0.1) is 0 Å². The van der Waals surface area contributed by atoms with Gasteiger partial charge in [0.2, 0.25) is 0 Å². The predicted molar refractivity (Wildman–Crippen MR) is 45.6 cm³/mol. The quantitative estimate of drug-likeness (QED) is 0.393. The zero-order chi connectivity index (χ0) is 9.94. The molecule has 0 saturated heterocycles. The number of allylic oxidation sites excluding steroid dienone is 2. The normalized spacial score (nSPS) is 13.7. The highest BCUT2D eigenvalue weighted by Gasteiger charge is 2.23. The number of carbonyl (C=O) groups is 1. The lowest BCUT2D eigenvalue weighted by Gasteiger charge is -2.17. The molecular formula is C8H13NO3. The van der Waals surface area contributed by atoms with Crippen molar-refractivity contribution < 1.29 is 9.90 Å². The van der Waals surface area contributed by atoms with Crippen LogP contribution in [0.1, 0.15) is 27.7 Å². The number of nitrogens with zero attached hydrogens (tertiary/aromatic N) is 1. The second-order valence-corrected chi connectivity index (χ2v) is 3.59. The van der Waals surface area contributed by atoms with Crippen LogP contribution in [0.5, 0.6) is 0 Å². The molecular weight excluding hydrogens is 158 g/mol. The Balaban J connectivity index is 5.12. The molecule has 4 heteroatoms. The minimum atomic E-state index is -0.616. The number of rotatable bonds is 2. The maximum Gasteiger partial charge on any atom is 0.188 e. The molecule has 0 spiro atoms. The van der Waals surface area contributed by atoms with Crippen LogP contribution in [-0.4, -0.2) is 10.9 Å². The zero-order valence-corrected chi connectivity index (χ0v) is 7.71. The molecule has 68 valence electrons. The number of ketones is 1. The van der Waals surface area contributed by atoms with Crippen molar-refractivity contribution in [2.75, 3.05) is 0 Å². The number of hydrogen-bond acceptors (Lipinski definition) is 4. The molecule has 0 aliphatic carbocycles. The van der Waals surface area contributed by atoms with Gasteiger partial charge < -0.3 is 5.11 Å². The maximum atomic E-state index is 10.8. The minimum absolute atomic E-state index is 0.259. The smallest absolute Gasteiger partial charge is 0.188 e. The van der Waals surface area contributed by atoms with E-state index in [-0.39, 0.29) is 11.5 Å². The molecule has 0 unspecified atom stereocenters. The van der Waals surface area contributed by atoms with Crippen molar-refractivity contribution in [3.05, 3.63) is 16.4 Å². The van der Waals surface area contributed by atoms with Crippen LogP contribution < -0.4 is 0 Å². The van der Waals surface area contributed by atoms with Crippen LogP contribution in [0.3, 0.4) is 0 Å². The van der Waals surface area contributed by atoms with Crippen LogP contribution >= 0.6 is 0 Å². The Morgan fingerprint density at radius 2 is 1.75 bits per heavy atom. The second kappa shape index (κ2) is 3.47. The van der Waals surface area contributed by atoms with E-state index in [9.17, 15) is 14.8 Å². The summed E-state index contributed by atoms with van der Waals surface area (Å²) in [6.07, 6.45) is 0. The first-order valence-electron chi connectivity index (χ1n) is 3.58. The number of hydrogen-bond donors (Lipinski definition) is 1. The van der Waals surface area contributed by atoms with Gasteiger partial charge in [-0.3, -0.25) is 4.79 Å². The van der Waals surface area contributed by atoms with E-state index >= 15 is 0 Å². The number of aliphatic hydroxyl groups is 1. The molecule has 0 saturated carbocycles. The number of nitroso groups, excluding NO2 is 1. The Bertz CT molecular complexity index is 235. The average molecular weight is 171 g/mol. The molecule has 0 fully saturated rings. The van der Waals surface area contributed by atoms with Crippen LogP contribution in [0.4, 0.5) is 0 Å². The van der Waals surface area contributed by atoms with E-state index in [1.807, 2.05) is 0 Å². The molecule has 0 atom stereocenters. The van der Waals surface area contributed by atoms with Crippen molar-refractivity contribution in [3.63, 3.8) is 0 Å². The van der Waals surface area contributed by atoms with Crippen molar-refractivity contribution >= 4 is 5.78 Å². The van der Waals surface area contributed by atoms with E-state index in [2.05, 4.69) is 5.18 Å². The lowest BCUT2D eigenvalue weighted by Crippen LogP contribution is -2.13. The lowest BCUT2D eigenvalue weighted by molar-refractivity contribution is -0.113. The standard InChI is InChI=1S/C8H13NO3/c1-5(10)6(9-12)7(11)8(2,3)4/h11H,1-4H3/b7-6+. The summed E-state index contributed by atoms with van der Waals surface area (Å²) in [7, 11) is 0. The molecule has 12 heavy (non-hydrogen) atoms. The van der Waals surface area contributed by atoms with E-state index in [1.54, 1.807) is 20.8 Å². The van der Waals surface area contributed by atoms with Crippen molar-refractivity contribution in [1.82, 2.24) is 0 Å². The highest BCUT2D eigenvalue weighted by atomic mass is 16.3. The minimum Gasteiger partial charge on any atom is -0.509 e. The van der Waals surface area contributed by atoms with Crippen LogP contribution in [0.15, 0.2) is 16.6 Å². The third-order valence-corrected chi connectivity index (χ3v) is 1.36. The van der Waals surface area contributed by atoms with Gasteiger partial charge >= 0.3 is 0 Å². The first kappa shape index (κ1) is 10.8. The predicted octanol–water partition coefficient (Wildman–Crippen LogP) is 2.16. The molecule has 0 bridgehead atoms. The van der Waals surface area contributed by atoms with Gasteiger partial charge in [0.15, 0.2) is 11.5 Å². The Kier molecular flexibility index (Phi) is 3.13. The monoisotopic (exact) mass is 171 g/mol. The maximum absolute atomic E-state index is 10.8. The third kappa shape index (κ3) is 2.45. The van der Waals surface area contributed by atoms with E-state index < -0.39 is 11.2 Å². The topological polar surface area (TPSA) is 66.7 Å². The average Bonchev–Trinajstić information content (AvgIpc) is 1.86. The highest BCUT2D eigenvalue weighted by molar-refractivity contribution is 5.93. The van der Waals surface area contributed by atoms with Gasteiger partial charge in [0.25, 0.3) is 0 Å². The zero-order valence-electron chi connectivity index (χ0n) is 7.71. The van der Waals surface area contributed by atoms with Gasteiger partial charge in [-0.05, 0) is 5.18 Å². The molecule has 0 amide bonds. The summed E-state index contributed by atoms with van der Waals surface area (Å²) < 4.78 is 0. The fourth-order valence-electron chi connectivity index (χ4n) is 0.629. The molecule has 0 heterocycles. The Morgan fingerprint density at radius 3 is 1.83 bits per heavy atom. The first-order chi connectivity index (χ1) is 5.30. The molecule has 0 radical (unpaired) electrons. The van der Waals surface area contributed by atoms with Crippen molar-refractivity contribution in [2.45, 2.75) is 27.7 Å². The van der Waals surface area contributed by atoms with E-state index in [4.69, 9.17) is 0 Å². The summed E-state index contributed by atoms with van der Waals surface area (Å²) in [4.78, 5) is 20.9. The molecule has 4 nitrogen and oxygen atoms in total. The fraction of sp³-hybridized carbons (Fsp3) is 0.625. The van der Waals surface area contributed by atoms with Gasteiger partial charge in [-0.25, -0.2) is 0 Å². The van der Waals surface area contributed by atoms with E-state index in [0.29, 0.717) is 0 Å². The molecule has 0 aromatic rings. The van der Waals surface area contributed by atoms with Crippen molar-refractivity contribution in [1.29, 1.82) is 0 Å². The third-order valence-electron chi connectivity index (χ3n) is 1.36. The molecule has 0 aromatic heterocycles. The summed E-state index contributed by atoms with van der Waals surface area (Å²) >= 11 is 0. The molecule has 0 rings (SSSR count). The van der Waals surface area contributed by atoms with Gasteiger partial charge in [0, 0.05) is 12.3 Å². The second-order valence-electron chi connectivity index (χ2n) is 3.59. The van der Waals surface area contributed by atoms with Crippen molar-refractivity contribution in [3.8, 4) is 0 Å². The van der Waals surface area contributed by atoms with E-state index in [0.717, 1.165) is 0 Å². The summed E-state index contributed by atoms with van der Waals surface area (Å²) in [5.41, 5.74) is -1.00. The summed E-state index contributed by atoms with van der Waals surface area (Å²) in [6.45, 7) is 6.27. The summed E-state index contributed by atoms with van der Waals surface area (Å²) in [5, 5.41) is 11.9. The Hall–Kier alpha value is -1.19. The first-order valence-corrected chi connectivity index (χ1v) is 3.58. The van der Waals surface area contributed by atoms with Gasteiger partial charge in [-0.2, -0.15) is 0 Å². The summed E-state index contributed by atoms with van der Waals surface area (Å²) in [5.74, 6) is -0.776. The summed E-state index contributed by atoms with van der Waals surface area (Å²) in [6, 6.07) is 0. The SMILES string of the molecule is CC(=O)/C(N=O)=C(\O)C(C)(C)C. The number of Topliss-reactive ketones (excluding diaryl/α,β-unsaturated/α-hetero) is 1. The van der Waals surface area contributed by atoms with Gasteiger partial charge in [-0.15, -0.1) is 4.91 Å². The largest absolute Gasteiger partial charge is 0.509 e. The Labute approximate surface area is 71.3 Å². The number of carbonyl (C=O) groups excluding carboxylic acids is 1. The van der Waals surface area contributed by atoms with Gasteiger partial charge in [0.1, 0.15) is 5.76 Å². The molecule has 0 aliphatic rings. The molecule has 0 aliphatic heterocycles. The molecule has 1 N–H and O–H groups in total. The highest BCUT2D eigenvalue weighted by Crippen LogP contribution is 2.26. The lowest BCUT2D eigenvalue weighted by atomic mass is 9.92. The number of aliphatic hydroxyl groups excluding tert-OH is 1. The Morgan fingerprint density at radius 1 is 1.33 bits per heavy atom. The van der Waals surface area contributed by atoms with Crippen LogP contribution in [-0.2, 0) is 4.79 Å². The van der Waals surface area contributed by atoms with E-state index in [1.165, 1.54) is 6.92 Å². The van der Waals surface area contributed by atoms with Crippen LogP contribution in [0.25, 0.3) is 0 Å².